The third kappa shape index (κ3) is 2.36. The average Bonchev–Trinajstić information content (AvgIpc) is 2.45. The van der Waals surface area contributed by atoms with Crippen molar-refractivity contribution in [1.29, 1.82) is 0 Å². The van der Waals surface area contributed by atoms with Crippen molar-refractivity contribution in [3.63, 3.8) is 0 Å². The van der Waals surface area contributed by atoms with Gasteiger partial charge in [0.05, 0.1) is 18.8 Å². The molecule has 0 bridgehead atoms. The van der Waals surface area contributed by atoms with E-state index in [2.05, 4.69) is 0 Å². The van der Waals surface area contributed by atoms with Gasteiger partial charge in [-0.25, -0.2) is 0 Å². The highest BCUT2D eigenvalue weighted by Gasteiger charge is 2.51. The van der Waals surface area contributed by atoms with E-state index < -0.39 is 18.0 Å². The normalized spacial score (nSPS) is 36.9. The van der Waals surface area contributed by atoms with Crippen molar-refractivity contribution in [2.24, 2.45) is 0 Å². The quantitative estimate of drug-likeness (QED) is 0.728. The minimum Gasteiger partial charge on any atom is -0.396 e. The Kier molecular flexibility index (Phi) is 3.79. The molecule has 0 aromatic heterocycles. The average molecular weight is 280 g/mol. The monoisotopic (exact) mass is 280 g/mol. The van der Waals surface area contributed by atoms with Gasteiger partial charge in [0.25, 0.3) is 0 Å². The zero-order valence-corrected chi connectivity index (χ0v) is 11.2. The van der Waals surface area contributed by atoms with Gasteiger partial charge < -0.3 is 24.8 Å². The van der Waals surface area contributed by atoms with Crippen LogP contribution in [0.15, 0.2) is 24.3 Å². The molecule has 0 aliphatic carbocycles. The molecule has 1 spiro atoms. The second-order valence-corrected chi connectivity index (χ2v) is 5.55. The van der Waals surface area contributed by atoms with Gasteiger partial charge in [0.1, 0.15) is 6.10 Å². The van der Waals surface area contributed by atoms with E-state index in [1.54, 1.807) is 0 Å². The predicted octanol–water partition coefficient (Wildman–Crippen LogP) is 0.349. The Morgan fingerprint density at radius 3 is 2.70 bits per heavy atom. The maximum absolute atomic E-state index is 10.3. The molecule has 0 saturated carbocycles. The van der Waals surface area contributed by atoms with E-state index >= 15 is 0 Å². The van der Waals surface area contributed by atoms with Crippen molar-refractivity contribution in [3.05, 3.63) is 35.4 Å². The van der Waals surface area contributed by atoms with Crippen molar-refractivity contribution < 1.29 is 24.8 Å². The Bertz CT molecular complexity index is 477. The van der Waals surface area contributed by atoms with Crippen LogP contribution in [0.5, 0.6) is 0 Å². The second-order valence-electron chi connectivity index (χ2n) is 5.55. The summed E-state index contributed by atoms with van der Waals surface area (Å²) in [5.41, 5.74) is 2.14. The van der Waals surface area contributed by atoms with E-state index in [0.717, 1.165) is 11.1 Å². The minimum absolute atomic E-state index is 0.0137. The van der Waals surface area contributed by atoms with Crippen LogP contribution in [0.1, 0.15) is 24.0 Å². The SMILES string of the molecule is OCC[C@H]1C[C@H](O)[C@@H](O)[C@@]2(Cc3ccccc3CO2)O1. The van der Waals surface area contributed by atoms with Gasteiger partial charge in [-0.3, -0.25) is 0 Å². The molecule has 5 heteroatoms. The number of fused-ring (bicyclic) bond motifs is 1. The molecular formula is C15H20O5. The topological polar surface area (TPSA) is 79.2 Å². The Morgan fingerprint density at radius 1 is 1.20 bits per heavy atom. The predicted molar refractivity (Wildman–Crippen MR) is 70.9 cm³/mol. The summed E-state index contributed by atoms with van der Waals surface area (Å²) in [6.45, 7) is 0.339. The summed E-state index contributed by atoms with van der Waals surface area (Å²) >= 11 is 0. The van der Waals surface area contributed by atoms with Crippen LogP contribution in [0, 0.1) is 0 Å². The molecule has 0 amide bonds. The van der Waals surface area contributed by atoms with Crippen molar-refractivity contribution in [1.82, 2.24) is 0 Å². The largest absolute Gasteiger partial charge is 0.396 e. The lowest BCUT2D eigenvalue weighted by Crippen LogP contribution is -2.61. The number of rotatable bonds is 2. The van der Waals surface area contributed by atoms with Crippen LogP contribution in [-0.2, 0) is 22.5 Å². The summed E-state index contributed by atoms with van der Waals surface area (Å²) in [5, 5.41) is 29.4. The fourth-order valence-corrected chi connectivity index (χ4v) is 3.06. The molecular weight excluding hydrogens is 260 g/mol. The van der Waals surface area contributed by atoms with Crippen LogP contribution in [0.4, 0.5) is 0 Å². The smallest absolute Gasteiger partial charge is 0.201 e. The number of hydrogen-bond donors (Lipinski definition) is 3. The van der Waals surface area contributed by atoms with Gasteiger partial charge in [0, 0.05) is 19.4 Å². The van der Waals surface area contributed by atoms with Gasteiger partial charge >= 0.3 is 0 Å². The van der Waals surface area contributed by atoms with Gasteiger partial charge in [-0.2, -0.15) is 0 Å². The van der Waals surface area contributed by atoms with Crippen LogP contribution in [-0.4, -0.2) is 46.0 Å². The number of benzene rings is 1. The van der Waals surface area contributed by atoms with E-state index in [4.69, 9.17) is 14.6 Å². The number of ether oxygens (including phenoxy) is 2. The lowest BCUT2D eigenvalue weighted by atomic mass is 9.86. The lowest BCUT2D eigenvalue weighted by molar-refractivity contribution is -0.349. The second kappa shape index (κ2) is 5.42. The Hall–Kier alpha value is -0.980. The molecule has 4 atom stereocenters. The molecule has 2 heterocycles. The molecule has 110 valence electrons. The van der Waals surface area contributed by atoms with Crippen LogP contribution in [0.2, 0.25) is 0 Å². The standard InChI is InChI=1S/C15H20O5/c16-6-5-12-7-13(17)14(18)15(20-12)8-10-3-1-2-4-11(10)9-19-15/h1-4,12-14,16-18H,5-9H2/t12-,13-,14+,15+/m0/s1. The lowest BCUT2D eigenvalue weighted by Gasteiger charge is -2.48. The Balaban J connectivity index is 1.87. The first-order valence-corrected chi connectivity index (χ1v) is 7.00. The fourth-order valence-electron chi connectivity index (χ4n) is 3.06. The highest BCUT2D eigenvalue weighted by atomic mass is 16.7. The summed E-state index contributed by atoms with van der Waals surface area (Å²) in [5.74, 6) is -1.20. The summed E-state index contributed by atoms with van der Waals surface area (Å²) in [4.78, 5) is 0. The summed E-state index contributed by atoms with van der Waals surface area (Å²) in [6, 6.07) is 7.85. The third-order valence-corrected chi connectivity index (χ3v) is 4.16. The van der Waals surface area contributed by atoms with E-state index in [1.165, 1.54) is 0 Å². The van der Waals surface area contributed by atoms with Gasteiger partial charge in [-0.15, -0.1) is 0 Å². The Morgan fingerprint density at radius 2 is 1.95 bits per heavy atom. The van der Waals surface area contributed by atoms with E-state index in [-0.39, 0.29) is 12.7 Å². The molecule has 0 unspecified atom stereocenters. The molecule has 1 aromatic carbocycles. The van der Waals surface area contributed by atoms with Crippen LogP contribution >= 0.6 is 0 Å². The highest BCUT2D eigenvalue weighted by Crippen LogP contribution is 2.39. The van der Waals surface area contributed by atoms with E-state index in [0.29, 0.717) is 25.9 Å². The fraction of sp³-hybridized carbons (Fsp3) is 0.600. The first-order valence-electron chi connectivity index (χ1n) is 7.00. The van der Waals surface area contributed by atoms with Gasteiger partial charge in [-0.1, -0.05) is 24.3 Å². The molecule has 3 N–H and O–H groups in total. The van der Waals surface area contributed by atoms with Gasteiger partial charge in [0.2, 0.25) is 5.79 Å². The van der Waals surface area contributed by atoms with Crippen LogP contribution in [0.3, 0.4) is 0 Å². The zero-order valence-electron chi connectivity index (χ0n) is 11.2. The van der Waals surface area contributed by atoms with Crippen LogP contribution < -0.4 is 0 Å². The van der Waals surface area contributed by atoms with Crippen molar-refractivity contribution >= 4 is 0 Å². The molecule has 2 aliphatic heterocycles. The molecule has 1 fully saturated rings. The van der Waals surface area contributed by atoms with Gasteiger partial charge in [-0.05, 0) is 17.5 Å². The van der Waals surface area contributed by atoms with Crippen molar-refractivity contribution in [2.75, 3.05) is 6.61 Å². The molecule has 3 rings (SSSR count). The molecule has 5 nitrogen and oxygen atoms in total. The number of aliphatic hydroxyl groups is 3. The van der Waals surface area contributed by atoms with Crippen molar-refractivity contribution in [3.8, 4) is 0 Å². The van der Waals surface area contributed by atoms with E-state index in [1.807, 2.05) is 24.3 Å². The maximum atomic E-state index is 10.3. The third-order valence-electron chi connectivity index (χ3n) is 4.16. The highest BCUT2D eigenvalue weighted by molar-refractivity contribution is 5.30. The Labute approximate surface area is 117 Å². The minimum atomic E-state index is -1.20. The van der Waals surface area contributed by atoms with Gasteiger partial charge in [0.15, 0.2) is 0 Å². The van der Waals surface area contributed by atoms with Crippen molar-refractivity contribution in [2.45, 2.75) is 50.0 Å². The maximum Gasteiger partial charge on any atom is 0.201 e. The molecule has 1 saturated heterocycles. The number of aliphatic hydroxyl groups excluding tert-OH is 3. The van der Waals surface area contributed by atoms with E-state index in [9.17, 15) is 10.2 Å². The summed E-state index contributed by atoms with van der Waals surface area (Å²) in [6.07, 6.45) is -1.13. The van der Waals surface area contributed by atoms with Crippen LogP contribution in [0.25, 0.3) is 0 Å². The summed E-state index contributed by atoms with van der Waals surface area (Å²) < 4.78 is 11.7. The number of hydrogen-bond acceptors (Lipinski definition) is 5. The molecule has 2 aliphatic rings. The molecule has 0 radical (unpaired) electrons. The molecule has 1 aromatic rings. The first-order chi connectivity index (χ1) is 9.64. The molecule has 20 heavy (non-hydrogen) atoms. The zero-order chi connectivity index (χ0) is 14.2. The first kappa shape index (κ1) is 14.0. The summed E-state index contributed by atoms with van der Waals surface area (Å²) in [7, 11) is 0.